The summed E-state index contributed by atoms with van der Waals surface area (Å²) in [5.74, 6) is 0.239. The van der Waals surface area contributed by atoms with E-state index in [0.717, 1.165) is 22.7 Å². The molecule has 0 aromatic carbocycles. The van der Waals surface area contributed by atoms with Gasteiger partial charge in [0, 0.05) is 31.0 Å². The number of nitrogens with zero attached hydrogens (tertiary/aromatic N) is 3. The van der Waals surface area contributed by atoms with Crippen LogP contribution in [0.1, 0.15) is 41.6 Å². The van der Waals surface area contributed by atoms with Crippen LogP contribution in [0.2, 0.25) is 0 Å². The van der Waals surface area contributed by atoms with Crippen molar-refractivity contribution in [3.8, 4) is 0 Å². The second-order valence-corrected chi connectivity index (χ2v) is 6.83. The van der Waals surface area contributed by atoms with Crippen molar-refractivity contribution in [3.63, 3.8) is 0 Å². The summed E-state index contributed by atoms with van der Waals surface area (Å²) in [5.41, 5.74) is 0.427. The molecular weight excluding hydrogens is 288 g/mol. The lowest BCUT2D eigenvalue weighted by Gasteiger charge is -2.21. The highest BCUT2D eigenvalue weighted by molar-refractivity contribution is 7.11. The number of thiazole rings is 1. The third kappa shape index (κ3) is 3.12. The lowest BCUT2D eigenvalue weighted by molar-refractivity contribution is -0.130. The number of nitrogens with one attached hydrogen (secondary N) is 1. The Balaban J connectivity index is 1.73. The van der Waals surface area contributed by atoms with Crippen LogP contribution in [0.15, 0.2) is 11.3 Å². The Hall–Kier alpha value is -1.76. The highest BCUT2D eigenvalue weighted by atomic mass is 32.1. The number of aryl methyl sites for hydroxylation is 1. The molecule has 0 spiro atoms. The zero-order chi connectivity index (χ0) is 15.0. The molecule has 0 bridgehead atoms. The number of hydrogen-bond acceptors (Lipinski definition) is 5. The predicted octanol–water partition coefficient (Wildman–Crippen LogP) is 1.63. The first-order valence-corrected chi connectivity index (χ1v) is 7.93. The number of carbonyl (C=O) groups is 2. The van der Waals surface area contributed by atoms with Crippen LogP contribution in [0.25, 0.3) is 0 Å². The van der Waals surface area contributed by atoms with E-state index in [4.69, 9.17) is 0 Å². The van der Waals surface area contributed by atoms with Crippen LogP contribution in [0.4, 0.5) is 0 Å². The average Bonchev–Trinajstić information content (AvgIpc) is 3.20. The van der Waals surface area contributed by atoms with Crippen molar-refractivity contribution in [1.82, 2.24) is 15.3 Å². The summed E-state index contributed by atoms with van der Waals surface area (Å²) < 4.78 is 0. The molecule has 0 unspecified atom stereocenters. The van der Waals surface area contributed by atoms with Gasteiger partial charge in [-0.1, -0.05) is 0 Å². The Bertz CT molecular complexity index is 606. The Morgan fingerprint density at radius 3 is 2.81 bits per heavy atom. The van der Waals surface area contributed by atoms with Crippen LogP contribution in [0, 0.1) is 12.8 Å². The summed E-state index contributed by atoms with van der Waals surface area (Å²) in [4.78, 5) is 29.3. The maximum absolute atomic E-state index is 12.4. The van der Waals surface area contributed by atoms with E-state index >= 15 is 0 Å². The molecule has 6 nitrogen and oxygen atoms in total. The fourth-order valence-corrected chi connectivity index (χ4v) is 3.30. The van der Waals surface area contributed by atoms with Crippen molar-refractivity contribution in [2.45, 2.75) is 38.6 Å². The summed E-state index contributed by atoms with van der Waals surface area (Å²) in [6.07, 6.45) is 4.82. The van der Waals surface area contributed by atoms with E-state index in [1.54, 1.807) is 18.4 Å². The van der Waals surface area contributed by atoms with Gasteiger partial charge in [-0.15, -0.1) is 11.3 Å². The molecule has 3 rings (SSSR count). The Morgan fingerprint density at radius 1 is 1.48 bits per heavy atom. The SMILES string of the molecule is Cc1cnc([C@@H](NC(=O)C2=NN(C)C(=O)CC2)C2CC2)s1. The molecule has 2 amide bonds. The molecule has 2 heterocycles. The van der Waals surface area contributed by atoms with Crippen LogP contribution < -0.4 is 5.32 Å². The maximum Gasteiger partial charge on any atom is 0.268 e. The van der Waals surface area contributed by atoms with Crippen molar-refractivity contribution in [2.75, 3.05) is 7.05 Å². The number of hydrazone groups is 1. The first-order chi connectivity index (χ1) is 10.0. The third-order valence-corrected chi connectivity index (χ3v) is 4.75. The van der Waals surface area contributed by atoms with Crippen molar-refractivity contribution in [3.05, 3.63) is 16.1 Å². The minimum Gasteiger partial charge on any atom is -0.341 e. The number of rotatable bonds is 4. The number of hydrogen-bond donors (Lipinski definition) is 1. The predicted molar refractivity (Wildman–Crippen MR) is 79.9 cm³/mol. The minimum atomic E-state index is -0.181. The minimum absolute atomic E-state index is 0.0261. The van der Waals surface area contributed by atoms with E-state index in [-0.39, 0.29) is 17.9 Å². The Labute approximate surface area is 127 Å². The van der Waals surface area contributed by atoms with Gasteiger partial charge in [0.1, 0.15) is 10.7 Å². The van der Waals surface area contributed by atoms with E-state index in [1.165, 1.54) is 5.01 Å². The first-order valence-electron chi connectivity index (χ1n) is 7.12. The van der Waals surface area contributed by atoms with Crippen LogP contribution in [-0.4, -0.2) is 34.6 Å². The van der Waals surface area contributed by atoms with Crippen molar-refractivity contribution in [1.29, 1.82) is 0 Å². The van der Waals surface area contributed by atoms with Crippen molar-refractivity contribution in [2.24, 2.45) is 11.0 Å². The molecule has 7 heteroatoms. The van der Waals surface area contributed by atoms with Gasteiger partial charge >= 0.3 is 0 Å². The summed E-state index contributed by atoms with van der Waals surface area (Å²) >= 11 is 1.62. The first kappa shape index (κ1) is 14.2. The Kier molecular flexibility index (Phi) is 3.75. The van der Waals surface area contributed by atoms with Gasteiger partial charge in [-0.3, -0.25) is 9.59 Å². The van der Waals surface area contributed by atoms with Gasteiger partial charge < -0.3 is 5.32 Å². The molecule has 1 N–H and O–H groups in total. The van der Waals surface area contributed by atoms with Gasteiger partial charge in [-0.05, 0) is 25.7 Å². The van der Waals surface area contributed by atoms with E-state index in [1.807, 2.05) is 13.1 Å². The largest absolute Gasteiger partial charge is 0.341 e. The molecule has 1 saturated carbocycles. The highest BCUT2D eigenvalue weighted by Crippen LogP contribution is 2.42. The van der Waals surface area contributed by atoms with Crippen LogP contribution in [-0.2, 0) is 9.59 Å². The summed E-state index contributed by atoms with van der Waals surface area (Å²) in [6.45, 7) is 2.01. The van der Waals surface area contributed by atoms with Crippen molar-refractivity contribution < 1.29 is 9.59 Å². The zero-order valence-electron chi connectivity index (χ0n) is 12.1. The number of aromatic nitrogens is 1. The van der Waals surface area contributed by atoms with E-state index in [2.05, 4.69) is 15.4 Å². The highest BCUT2D eigenvalue weighted by Gasteiger charge is 2.36. The van der Waals surface area contributed by atoms with Gasteiger partial charge in [-0.2, -0.15) is 5.10 Å². The van der Waals surface area contributed by atoms with Crippen LogP contribution >= 0.6 is 11.3 Å². The standard InChI is InChI=1S/C14H18N4O2S/c1-8-7-15-14(21-8)12(9-3-4-9)16-13(20)10-5-6-11(19)18(2)17-10/h7,9,12H,3-6H2,1-2H3,(H,16,20)/t12-/m0/s1. The average molecular weight is 306 g/mol. The summed E-state index contributed by atoms with van der Waals surface area (Å²) in [6, 6.07) is -0.0261. The number of amides is 2. The second-order valence-electron chi connectivity index (χ2n) is 5.56. The molecule has 112 valence electrons. The lowest BCUT2D eigenvalue weighted by Crippen LogP contribution is -2.39. The molecule has 1 atom stereocenters. The van der Waals surface area contributed by atoms with Crippen molar-refractivity contribution >= 4 is 28.9 Å². The molecule has 1 aromatic rings. The lowest BCUT2D eigenvalue weighted by atomic mass is 10.1. The van der Waals surface area contributed by atoms with Gasteiger partial charge in [-0.25, -0.2) is 9.99 Å². The summed E-state index contributed by atoms with van der Waals surface area (Å²) in [7, 11) is 1.58. The molecule has 2 aliphatic rings. The van der Waals surface area contributed by atoms with E-state index in [9.17, 15) is 9.59 Å². The fraction of sp³-hybridized carbons (Fsp3) is 0.571. The molecule has 21 heavy (non-hydrogen) atoms. The second kappa shape index (κ2) is 5.55. The zero-order valence-corrected chi connectivity index (χ0v) is 12.9. The number of carbonyl (C=O) groups excluding carboxylic acids is 2. The topological polar surface area (TPSA) is 74.7 Å². The molecular formula is C14H18N4O2S. The van der Waals surface area contributed by atoms with Gasteiger partial charge in [0.15, 0.2) is 0 Å². The maximum atomic E-state index is 12.4. The van der Waals surface area contributed by atoms with Crippen LogP contribution in [0.5, 0.6) is 0 Å². The molecule has 0 saturated heterocycles. The fourth-order valence-electron chi connectivity index (χ4n) is 2.38. The monoisotopic (exact) mass is 306 g/mol. The van der Waals surface area contributed by atoms with Gasteiger partial charge in [0.25, 0.3) is 5.91 Å². The third-order valence-electron chi connectivity index (χ3n) is 3.75. The molecule has 1 aliphatic carbocycles. The van der Waals surface area contributed by atoms with Gasteiger partial charge in [0.05, 0.1) is 6.04 Å². The molecule has 0 radical (unpaired) electrons. The van der Waals surface area contributed by atoms with Crippen LogP contribution in [0.3, 0.4) is 0 Å². The van der Waals surface area contributed by atoms with E-state index < -0.39 is 0 Å². The van der Waals surface area contributed by atoms with E-state index in [0.29, 0.717) is 24.5 Å². The quantitative estimate of drug-likeness (QED) is 0.918. The molecule has 1 fully saturated rings. The van der Waals surface area contributed by atoms with Gasteiger partial charge in [0.2, 0.25) is 5.91 Å². The molecule has 1 aliphatic heterocycles. The summed E-state index contributed by atoms with van der Waals surface area (Å²) in [5, 5.41) is 9.33. The Morgan fingerprint density at radius 2 is 2.24 bits per heavy atom. The molecule has 1 aromatic heterocycles. The normalized spacial score (nSPS) is 20.2. The smallest absolute Gasteiger partial charge is 0.268 e.